The Kier molecular flexibility index (Phi) is 7.12. The van der Waals surface area contributed by atoms with Crippen molar-refractivity contribution in [3.63, 3.8) is 0 Å². The van der Waals surface area contributed by atoms with Crippen LogP contribution in [0.5, 0.6) is 0 Å². The number of rotatable bonds is 8. The number of esters is 1. The predicted octanol–water partition coefficient (Wildman–Crippen LogP) is 2.63. The van der Waals surface area contributed by atoms with Gasteiger partial charge in [0.1, 0.15) is 13.2 Å². The number of amides is 2. The zero-order valence-electron chi connectivity index (χ0n) is 17.1. The summed E-state index contributed by atoms with van der Waals surface area (Å²) in [4.78, 5) is 40.5. The van der Waals surface area contributed by atoms with Crippen LogP contribution >= 0.6 is 0 Å². The summed E-state index contributed by atoms with van der Waals surface area (Å²) in [5, 5.41) is 0. The van der Waals surface area contributed by atoms with Crippen LogP contribution in [0.15, 0.2) is 30.3 Å². The van der Waals surface area contributed by atoms with E-state index < -0.39 is 11.5 Å². The molecule has 0 aliphatic carbocycles. The van der Waals surface area contributed by atoms with Crippen LogP contribution in [0.25, 0.3) is 0 Å². The molecule has 2 fully saturated rings. The highest BCUT2D eigenvalue weighted by molar-refractivity contribution is 5.84. The Morgan fingerprint density at radius 1 is 1.21 bits per heavy atom. The number of carbonyl (C=O) groups is 3. The summed E-state index contributed by atoms with van der Waals surface area (Å²) in [5.74, 6) is -0.355. The van der Waals surface area contributed by atoms with Crippen molar-refractivity contribution in [2.24, 2.45) is 5.41 Å². The Morgan fingerprint density at radius 3 is 2.69 bits per heavy atom. The minimum Gasteiger partial charge on any atom is -0.466 e. The van der Waals surface area contributed by atoms with Crippen molar-refractivity contribution >= 4 is 18.0 Å². The van der Waals surface area contributed by atoms with Crippen LogP contribution in [0.3, 0.4) is 0 Å². The fraction of sp³-hybridized carbons (Fsp3) is 0.591. The van der Waals surface area contributed by atoms with Crippen LogP contribution in [0.1, 0.15) is 38.2 Å². The minimum atomic E-state index is -0.676. The molecule has 0 spiro atoms. The number of hydrogen-bond donors (Lipinski definition) is 0. The van der Waals surface area contributed by atoms with Gasteiger partial charge in [-0.25, -0.2) is 4.79 Å². The third-order valence-corrected chi connectivity index (χ3v) is 5.77. The van der Waals surface area contributed by atoms with E-state index in [1.165, 1.54) is 10.5 Å². The number of hydrogen-bond acceptors (Lipinski definition) is 5. The van der Waals surface area contributed by atoms with Gasteiger partial charge in [0.15, 0.2) is 0 Å². The van der Waals surface area contributed by atoms with Gasteiger partial charge in [-0.15, -0.1) is 0 Å². The highest BCUT2D eigenvalue weighted by Gasteiger charge is 2.44. The zero-order chi connectivity index (χ0) is 20.7. The largest absolute Gasteiger partial charge is 0.466 e. The number of aryl methyl sites for hydroxylation is 1. The van der Waals surface area contributed by atoms with Gasteiger partial charge < -0.3 is 14.4 Å². The molecule has 2 heterocycles. The van der Waals surface area contributed by atoms with E-state index in [2.05, 4.69) is 12.1 Å². The summed E-state index contributed by atoms with van der Waals surface area (Å²) in [5.41, 5.74) is 0.562. The van der Waals surface area contributed by atoms with Gasteiger partial charge in [-0.3, -0.25) is 14.5 Å². The summed E-state index contributed by atoms with van der Waals surface area (Å²) in [6, 6.07) is 10.2. The molecule has 29 heavy (non-hydrogen) atoms. The molecule has 1 atom stereocenters. The van der Waals surface area contributed by atoms with E-state index in [1.807, 2.05) is 18.2 Å². The Hall–Kier alpha value is -2.57. The number of ether oxygens (including phenoxy) is 2. The standard InChI is InChI=1S/C22H30N2O5/c1-2-28-20(26)22(11-6-10-18-8-4-3-5-9-18)12-7-13-24(17-22)19(25)16-23-14-15-29-21(23)27/h3-5,8-9H,2,6-7,10-17H2,1H3. The lowest BCUT2D eigenvalue weighted by Gasteiger charge is -2.41. The number of likely N-dealkylation sites (tertiary alicyclic amines) is 1. The second-order valence-corrected chi connectivity index (χ2v) is 7.79. The summed E-state index contributed by atoms with van der Waals surface area (Å²) in [7, 11) is 0. The fourth-order valence-electron chi connectivity index (χ4n) is 4.21. The first-order valence-corrected chi connectivity index (χ1v) is 10.4. The first-order chi connectivity index (χ1) is 14.0. The van der Waals surface area contributed by atoms with Crippen molar-refractivity contribution in [3.8, 4) is 0 Å². The number of piperidine rings is 1. The van der Waals surface area contributed by atoms with E-state index in [0.717, 1.165) is 25.7 Å². The van der Waals surface area contributed by atoms with Crippen LogP contribution in [0, 0.1) is 5.41 Å². The van der Waals surface area contributed by atoms with E-state index in [-0.39, 0.29) is 18.4 Å². The molecule has 0 aromatic heterocycles. The highest BCUT2D eigenvalue weighted by atomic mass is 16.6. The normalized spacial score (nSPS) is 21.8. The molecule has 2 saturated heterocycles. The molecule has 0 radical (unpaired) electrons. The van der Waals surface area contributed by atoms with Crippen molar-refractivity contribution in [1.29, 1.82) is 0 Å². The number of benzene rings is 1. The molecule has 158 valence electrons. The minimum absolute atomic E-state index is 0.00174. The second kappa shape index (κ2) is 9.76. The molecular formula is C22H30N2O5. The van der Waals surface area contributed by atoms with Gasteiger partial charge in [-0.05, 0) is 44.6 Å². The third-order valence-electron chi connectivity index (χ3n) is 5.77. The lowest BCUT2D eigenvalue weighted by Crippen LogP contribution is -2.52. The first kappa shape index (κ1) is 21.1. The average molecular weight is 402 g/mol. The molecule has 2 aliphatic heterocycles. The lowest BCUT2D eigenvalue weighted by molar-refractivity contribution is -0.161. The van der Waals surface area contributed by atoms with E-state index >= 15 is 0 Å². The lowest BCUT2D eigenvalue weighted by atomic mass is 9.75. The van der Waals surface area contributed by atoms with E-state index in [9.17, 15) is 14.4 Å². The number of carbonyl (C=O) groups excluding carboxylic acids is 3. The maximum absolute atomic E-state index is 12.9. The zero-order valence-corrected chi connectivity index (χ0v) is 17.1. The monoisotopic (exact) mass is 402 g/mol. The second-order valence-electron chi connectivity index (χ2n) is 7.79. The van der Waals surface area contributed by atoms with Crippen LogP contribution < -0.4 is 0 Å². The highest BCUT2D eigenvalue weighted by Crippen LogP contribution is 2.37. The molecule has 7 heteroatoms. The van der Waals surface area contributed by atoms with Gasteiger partial charge in [0.05, 0.1) is 18.6 Å². The molecule has 7 nitrogen and oxygen atoms in total. The molecule has 0 saturated carbocycles. The quantitative estimate of drug-likeness (QED) is 0.625. The van der Waals surface area contributed by atoms with Gasteiger partial charge >= 0.3 is 12.1 Å². The molecular weight excluding hydrogens is 372 g/mol. The third kappa shape index (κ3) is 5.28. The van der Waals surface area contributed by atoms with Crippen molar-refractivity contribution in [2.45, 2.75) is 39.0 Å². The van der Waals surface area contributed by atoms with Crippen molar-refractivity contribution in [3.05, 3.63) is 35.9 Å². The number of cyclic esters (lactones) is 1. The Balaban J connectivity index is 1.65. The van der Waals surface area contributed by atoms with Gasteiger partial charge in [-0.1, -0.05) is 30.3 Å². The molecule has 1 aromatic carbocycles. The molecule has 3 rings (SSSR count). The van der Waals surface area contributed by atoms with Crippen LogP contribution in [-0.4, -0.2) is 67.2 Å². The summed E-state index contributed by atoms with van der Waals surface area (Å²) in [6.45, 7) is 3.83. The van der Waals surface area contributed by atoms with Gasteiger partial charge in [0, 0.05) is 13.1 Å². The fourth-order valence-corrected chi connectivity index (χ4v) is 4.21. The van der Waals surface area contributed by atoms with Crippen molar-refractivity contribution in [1.82, 2.24) is 9.80 Å². The van der Waals surface area contributed by atoms with E-state index in [0.29, 0.717) is 39.3 Å². The number of nitrogens with zero attached hydrogens (tertiary/aromatic N) is 2. The maximum Gasteiger partial charge on any atom is 0.410 e. The molecule has 1 aromatic rings. The van der Waals surface area contributed by atoms with Crippen LogP contribution in [0.2, 0.25) is 0 Å². The smallest absolute Gasteiger partial charge is 0.410 e. The first-order valence-electron chi connectivity index (χ1n) is 10.4. The van der Waals surface area contributed by atoms with Gasteiger partial charge in [0.2, 0.25) is 5.91 Å². The van der Waals surface area contributed by atoms with Crippen molar-refractivity contribution in [2.75, 3.05) is 39.4 Å². The molecule has 0 bridgehead atoms. The van der Waals surface area contributed by atoms with Crippen LogP contribution in [0.4, 0.5) is 4.79 Å². The Bertz CT molecular complexity index is 723. The molecule has 1 unspecified atom stereocenters. The predicted molar refractivity (Wildman–Crippen MR) is 107 cm³/mol. The van der Waals surface area contributed by atoms with Gasteiger partial charge in [0.25, 0.3) is 0 Å². The Labute approximate surface area is 171 Å². The van der Waals surface area contributed by atoms with Crippen molar-refractivity contribution < 1.29 is 23.9 Å². The molecule has 2 aliphatic rings. The van der Waals surface area contributed by atoms with Gasteiger partial charge in [-0.2, -0.15) is 0 Å². The average Bonchev–Trinajstić information content (AvgIpc) is 3.13. The summed E-state index contributed by atoms with van der Waals surface area (Å²) >= 11 is 0. The Morgan fingerprint density at radius 2 is 2.00 bits per heavy atom. The summed E-state index contributed by atoms with van der Waals surface area (Å²) < 4.78 is 10.3. The molecule has 2 amide bonds. The summed E-state index contributed by atoms with van der Waals surface area (Å²) in [6.07, 6.45) is 3.43. The van der Waals surface area contributed by atoms with E-state index in [1.54, 1.807) is 11.8 Å². The molecule has 0 N–H and O–H groups in total. The topological polar surface area (TPSA) is 76.2 Å². The van der Waals surface area contributed by atoms with Crippen LogP contribution in [-0.2, 0) is 25.5 Å². The SMILES string of the molecule is CCOC(=O)C1(CCCc2ccccc2)CCCN(C(=O)CN2CCOC2=O)C1. The maximum atomic E-state index is 12.9. The van der Waals surface area contributed by atoms with E-state index in [4.69, 9.17) is 9.47 Å².